The van der Waals surface area contributed by atoms with Gasteiger partial charge in [0.05, 0.1) is 30.0 Å². The summed E-state index contributed by atoms with van der Waals surface area (Å²) in [5.41, 5.74) is 2.41. The Kier molecular flexibility index (Phi) is 6.40. The molecule has 0 spiro atoms. The lowest BCUT2D eigenvalue weighted by molar-refractivity contribution is -0.136. The zero-order chi connectivity index (χ0) is 22.1. The highest BCUT2D eigenvalue weighted by Crippen LogP contribution is 2.37. The molecule has 0 saturated carbocycles. The Morgan fingerprint density at radius 3 is 2.74 bits per heavy atom. The summed E-state index contributed by atoms with van der Waals surface area (Å²) in [4.78, 5) is 22.1. The average Bonchev–Trinajstić information content (AvgIpc) is 3.21. The van der Waals surface area contributed by atoms with Crippen molar-refractivity contribution < 1.29 is 18.7 Å². The van der Waals surface area contributed by atoms with Crippen LogP contribution in [0.3, 0.4) is 0 Å². The second-order valence-corrected chi connectivity index (χ2v) is 8.99. The van der Waals surface area contributed by atoms with Gasteiger partial charge in [-0.15, -0.1) is 11.3 Å². The Bertz CT molecular complexity index is 1240. The van der Waals surface area contributed by atoms with Gasteiger partial charge in [0.2, 0.25) is 0 Å². The first-order chi connectivity index (χ1) is 14.9. The summed E-state index contributed by atoms with van der Waals surface area (Å²) in [5.74, 6) is 0.352. The maximum Gasteiger partial charge on any atom is 0.338 e. The second kappa shape index (κ2) is 9.05. The van der Waals surface area contributed by atoms with E-state index in [1.165, 1.54) is 30.6 Å². The first kappa shape index (κ1) is 21.9. The van der Waals surface area contributed by atoms with Gasteiger partial charge in [0.15, 0.2) is 10.8 Å². The molecule has 0 amide bonds. The van der Waals surface area contributed by atoms with Crippen LogP contribution >= 0.6 is 43.2 Å². The van der Waals surface area contributed by atoms with Gasteiger partial charge in [0.25, 0.3) is 0 Å². The number of aromatic nitrogens is 1. The van der Waals surface area contributed by atoms with Gasteiger partial charge in [-0.05, 0) is 35.9 Å². The van der Waals surface area contributed by atoms with Gasteiger partial charge in [0.1, 0.15) is 17.6 Å². The molecule has 31 heavy (non-hydrogen) atoms. The van der Waals surface area contributed by atoms with Crippen molar-refractivity contribution >= 4 is 65.2 Å². The van der Waals surface area contributed by atoms with Crippen LogP contribution in [0.4, 0.5) is 4.39 Å². The van der Waals surface area contributed by atoms with E-state index in [1.807, 2.05) is 18.2 Å². The predicted molar refractivity (Wildman–Crippen MR) is 126 cm³/mol. The minimum atomic E-state index is -0.701. The Balaban J connectivity index is 1.86. The number of fused-ring (bicyclic) bond motifs is 1. The highest BCUT2D eigenvalue weighted by molar-refractivity contribution is 9.10. The molecule has 4 rings (SSSR count). The number of nitrogens with zero attached hydrogens (tertiary/aromatic N) is 2. The number of thiazole rings is 1. The van der Waals surface area contributed by atoms with E-state index in [9.17, 15) is 9.18 Å². The molecule has 0 fully saturated rings. The molecule has 1 unspecified atom stereocenters. The first-order valence-corrected chi connectivity index (χ1v) is 11.8. The lowest BCUT2D eigenvalue weighted by atomic mass is 9.96. The molecule has 1 aromatic heterocycles. The van der Waals surface area contributed by atoms with Crippen LogP contribution in [0, 0.1) is 5.82 Å². The van der Waals surface area contributed by atoms with E-state index in [0.29, 0.717) is 37.5 Å². The van der Waals surface area contributed by atoms with Crippen molar-refractivity contribution in [2.24, 2.45) is 4.99 Å². The fourth-order valence-corrected chi connectivity index (χ4v) is 5.20. The minimum absolute atomic E-state index is 0.346. The molecular weight excluding hydrogens is 553 g/mol. The number of carbonyl (C=O) groups is 1. The van der Waals surface area contributed by atoms with E-state index in [1.54, 1.807) is 13.2 Å². The lowest BCUT2D eigenvalue weighted by Crippen LogP contribution is -2.34. The van der Waals surface area contributed by atoms with Gasteiger partial charge in [-0.25, -0.2) is 14.2 Å². The van der Waals surface area contributed by atoms with E-state index >= 15 is 0 Å². The van der Waals surface area contributed by atoms with Crippen LogP contribution in [-0.2, 0) is 9.53 Å². The fraction of sp³-hybridized carbons (Fsp3) is 0.190. The molecule has 2 aromatic carbocycles. The Labute approximate surface area is 198 Å². The topological polar surface area (TPSA) is 72.8 Å². The number of alkyl halides is 1. The Morgan fingerprint density at radius 1 is 1.26 bits per heavy atom. The van der Waals surface area contributed by atoms with Gasteiger partial charge < -0.3 is 14.8 Å². The standard InChI is InChI=1S/C21H16Br2FN3O3S/c1-29-11-4-6-14-16(8-11)31-20(26-14)19-25-15(9-22)17(21(28)30-2)18(27-19)12-5-3-10(24)7-13(12)23/h3-8,18H,9H2,1-2H3,(H,25,27). The number of allylic oxidation sites excluding steroid dienone is 1. The lowest BCUT2D eigenvalue weighted by Gasteiger charge is -2.26. The molecule has 1 aliphatic rings. The third-order valence-corrected chi connectivity index (χ3v) is 6.99. The number of amidine groups is 1. The summed E-state index contributed by atoms with van der Waals surface area (Å²) in [5, 5.41) is 4.24. The second-order valence-electron chi connectivity index (χ2n) is 6.54. The van der Waals surface area contributed by atoms with Crippen molar-refractivity contribution in [2.45, 2.75) is 6.04 Å². The molecule has 0 saturated heterocycles. The van der Waals surface area contributed by atoms with Crippen molar-refractivity contribution in [2.75, 3.05) is 19.5 Å². The maximum atomic E-state index is 13.7. The van der Waals surface area contributed by atoms with E-state index in [-0.39, 0.29) is 0 Å². The van der Waals surface area contributed by atoms with Crippen LogP contribution < -0.4 is 10.1 Å². The quantitative estimate of drug-likeness (QED) is 0.342. The molecule has 160 valence electrons. The number of nitrogens with one attached hydrogen (secondary N) is 1. The van der Waals surface area contributed by atoms with Crippen LogP contribution in [-0.4, -0.2) is 36.3 Å². The van der Waals surface area contributed by atoms with Crippen molar-refractivity contribution in [1.82, 2.24) is 10.3 Å². The van der Waals surface area contributed by atoms with Crippen LogP contribution in [0.1, 0.15) is 16.6 Å². The van der Waals surface area contributed by atoms with E-state index in [4.69, 9.17) is 14.5 Å². The van der Waals surface area contributed by atoms with Gasteiger partial charge in [-0.1, -0.05) is 37.9 Å². The number of ether oxygens (including phenoxy) is 2. The number of carbonyl (C=O) groups excluding carboxylic acids is 1. The van der Waals surface area contributed by atoms with Crippen LogP contribution in [0.15, 0.2) is 57.1 Å². The smallest absolute Gasteiger partial charge is 0.338 e. The van der Waals surface area contributed by atoms with E-state index in [0.717, 1.165) is 16.0 Å². The molecule has 0 bridgehead atoms. The van der Waals surface area contributed by atoms with E-state index in [2.05, 4.69) is 42.2 Å². The van der Waals surface area contributed by atoms with Crippen molar-refractivity contribution in [3.8, 4) is 5.75 Å². The summed E-state index contributed by atoms with van der Waals surface area (Å²) in [6.45, 7) is 0. The summed E-state index contributed by atoms with van der Waals surface area (Å²) >= 11 is 8.30. The number of halogens is 3. The van der Waals surface area contributed by atoms with Gasteiger partial charge in [-0.3, -0.25) is 4.99 Å². The number of methoxy groups -OCH3 is 2. The minimum Gasteiger partial charge on any atom is -0.497 e. The molecule has 2 heterocycles. The first-order valence-electron chi connectivity index (χ1n) is 9.07. The van der Waals surface area contributed by atoms with Crippen LogP contribution in [0.25, 0.3) is 10.2 Å². The molecule has 1 aliphatic heterocycles. The highest BCUT2D eigenvalue weighted by atomic mass is 79.9. The Morgan fingerprint density at radius 2 is 2.06 bits per heavy atom. The summed E-state index contributed by atoms with van der Waals surface area (Å²) in [6.07, 6.45) is 0. The number of hydrogen-bond donors (Lipinski definition) is 1. The predicted octanol–water partition coefficient (Wildman–Crippen LogP) is 5.12. The molecule has 0 aliphatic carbocycles. The molecule has 1 atom stereocenters. The third-order valence-electron chi connectivity index (χ3n) is 4.72. The SMILES string of the molecule is COC(=O)C1=C(CBr)NC(c2nc3ccc(OC)cc3s2)=NC1c1ccc(F)cc1Br. The number of benzene rings is 2. The third kappa shape index (κ3) is 4.24. The molecule has 10 heteroatoms. The molecule has 3 aromatic rings. The van der Waals surface area contributed by atoms with Crippen molar-refractivity contribution in [1.29, 1.82) is 0 Å². The number of aliphatic imine (C=N–C) groups is 1. The summed E-state index contributed by atoms with van der Waals surface area (Å²) in [6, 6.07) is 9.23. The summed E-state index contributed by atoms with van der Waals surface area (Å²) < 4.78 is 25.4. The highest BCUT2D eigenvalue weighted by Gasteiger charge is 2.33. The molecule has 6 nitrogen and oxygen atoms in total. The van der Waals surface area contributed by atoms with Gasteiger partial charge >= 0.3 is 5.97 Å². The molecular formula is C21H16Br2FN3O3S. The average molecular weight is 569 g/mol. The largest absolute Gasteiger partial charge is 0.497 e. The number of rotatable bonds is 5. The van der Waals surface area contributed by atoms with Crippen molar-refractivity contribution in [3.05, 3.63) is 68.5 Å². The monoisotopic (exact) mass is 567 g/mol. The zero-order valence-electron chi connectivity index (χ0n) is 16.4. The summed E-state index contributed by atoms with van der Waals surface area (Å²) in [7, 11) is 2.93. The molecule has 0 radical (unpaired) electrons. The van der Waals surface area contributed by atoms with E-state index < -0.39 is 17.8 Å². The van der Waals surface area contributed by atoms with Crippen LogP contribution in [0.5, 0.6) is 5.75 Å². The number of esters is 1. The van der Waals surface area contributed by atoms with Gasteiger partial charge in [-0.2, -0.15) is 0 Å². The fourth-order valence-electron chi connectivity index (χ4n) is 3.24. The maximum absolute atomic E-state index is 13.7. The van der Waals surface area contributed by atoms with Crippen LogP contribution in [0.2, 0.25) is 0 Å². The molecule has 1 N–H and O–H groups in total. The normalized spacial score (nSPS) is 16.2. The van der Waals surface area contributed by atoms with Gasteiger partial charge in [0, 0.05) is 15.5 Å². The zero-order valence-corrected chi connectivity index (χ0v) is 20.4. The number of hydrogen-bond acceptors (Lipinski definition) is 7. The van der Waals surface area contributed by atoms with Crippen molar-refractivity contribution in [3.63, 3.8) is 0 Å². The Hall–Kier alpha value is -2.30.